The first kappa shape index (κ1) is 38.1. The highest BCUT2D eigenvalue weighted by atomic mass is 16.7. The summed E-state index contributed by atoms with van der Waals surface area (Å²) in [5, 5.41) is 38.8. The zero-order valence-corrected chi connectivity index (χ0v) is 30.7. The molecule has 8 atom stereocenters. The van der Waals surface area contributed by atoms with Gasteiger partial charge in [-0.25, -0.2) is 4.79 Å². The molecule has 292 valence electrons. The minimum atomic E-state index is -2.32. The van der Waals surface area contributed by atoms with Crippen molar-refractivity contribution < 1.29 is 67.7 Å². The van der Waals surface area contributed by atoms with Gasteiger partial charge in [-0.05, 0) is 20.0 Å². The van der Waals surface area contributed by atoms with Crippen molar-refractivity contribution in [1.82, 2.24) is 15.1 Å². The predicted octanol–water partition coefficient (Wildman–Crippen LogP) is 1.01. The van der Waals surface area contributed by atoms with E-state index < -0.39 is 102 Å². The van der Waals surface area contributed by atoms with E-state index in [2.05, 4.69) is 10.2 Å². The molecular weight excluding hydrogens is 710 g/mol. The summed E-state index contributed by atoms with van der Waals surface area (Å²) in [6.07, 6.45) is -5.94. The van der Waals surface area contributed by atoms with Gasteiger partial charge in [0.25, 0.3) is 0 Å². The standard InChI is InChI=1S/C37H45N3O14/c1-17-33-20(40-11-12-50-35(49-5)34(40)54-33)13-24(52-17)53-22-15-37(47,23(41)16-51-36(46)39(3)10-9-38-2)14-19-26(22)32(45)28-27(30(19)43)29(42)18-7-6-8-21(48-4)25(18)31(28)44/h6-8,17,20,22,24,33-35,38,43,45,47H,9-16H2,1-5H3/t17-,20-,22-,24-,33+,34+,35-,37-/m0/s1. The topological polar surface area (TPSA) is 212 Å². The molecule has 0 aromatic heterocycles. The molecule has 3 aliphatic heterocycles. The van der Waals surface area contributed by atoms with Crippen LogP contribution in [0.4, 0.5) is 4.79 Å². The van der Waals surface area contributed by atoms with E-state index in [1.165, 1.54) is 44.4 Å². The summed E-state index contributed by atoms with van der Waals surface area (Å²) in [7, 11) is 6.09. The van der Waals surface area contributed by atoms with Gasteiger partial charge in [-0.3, -0.25) is 19.3 Å². The van der Waals surface area contributed by atoms with Crippen molar-refractivity contribution >= 4 is 23.4 Å². The van der Waals surface area contributed by atoms with Crippen molar-refractivity contribution in [1.29, 1.82) is 0 Å². The van der Waals surface area contributed by atoms with E-state index in [0.717, 1.165) is 0 Å². The van der Waals surface area contributed by atoms with Gasteiger partial charge < -0.3 is 58.7 Å². The van der Waals surface area contributed by atoms with Crippen LogP contribution in [-0.2, 0) is 39.6 Å². The fourth-order valence-corrected chi connectivity index (χ4v) is 8.28. The Bertz CT molecular complexity index is 1850. The van der Waals surface area contributed by atoms with Crippen molar-refractivity contribution in [3.63, 3.8) is 0 Å². The van der Waals surface area contributed by atoms with E-state index in [1.54, 1.807) is 7.05 Å². The number of methoxy groups -OCH3 is 2. The fourth-order valence-electron chi connectivity index (χ4n) is 8.28. The summed E-state index contributed by atoms with van der Waals surface area (Å²) in [5.41, 5.74) is -3.66. The number of likely N-dealkylation sites (N-methyl/N-ethyl adjacent to an activating group) is 2. The molecule has 54 heavy (non-hydrogen) atoms. The SMILES string of the molecule is CNCCN(C)C(=O)OCC(=O)[C@]1(O)Cc2c(O)c3c(c(O)c2[C@@H](O[C@H]2C[C@H]4[C@H](O[C@@H]5[C@@H](OC)OCCN54)[C@H](C)O2)C1)C(=O)c1c(OC)cccc1C3=O. The van der Waals surface area contributed by atoms with Gasteiger partial charge in [-0.15, -0.1) is 0 Å². The van der Waals surface area contributed by atoms with E-state index in [4.69, 9.17) is 33.2 Å². The first-order valence-corrected chi connectivity index (χ1v) is 17.8. The van der Waals surface area contributed by atoms with Gasteiger partial charge in [0.15, 0.2) is 31.2 Å². The molecule has 4 N–H and O–H groups in total. The highest BCUT2D eigenvalue weighted by molar-refractivity contribution is 6.31. The van der Waals surface area contributed by atoms with E-state index >= 15 is 0 Å². The van der Waals surface area contributed by atoms with Gasteiger partial charge in [-0.2, -0.15) is 0 Å². The van der Waals surface area contributed by atoms with Crippen LogP contribution < -0.4 is 10.1 Å². The van der Waals surface area contributed by atoms with E-state index in [1.807, 2.05) is 6.92 Å². The lowest BCUT2D eigenvalue weighted by Gasteiger charge is -2.43. The van der Waals surface area contributed by atoms with Gasteiger partial charge in [0.1, 0.15) is 29.0 Å². The van der Waals surface area contributed by atoms with Gasteiger partial charge >= 0.3 is 6.09 Å². The average molecular weight is 756 g/mol. The lowest BCUT2D eigenvalue weighted by atomic mass is 9.72. The molecule has 5 aliphatic rings. The van der Waals surface area contributed by atoms with Gasteiger partial charge in [0, 0.05) is 75.8 Å². The predicted molar refractivity (Wildman–Crippen MR) is 184 cm³/mol. The summed E-state index contributed by atoms with van der Waals surface area (Å²) in [5.74, 6) is -3.69. The third-order valence-corrected chi connectivity index (χ3v) is 11.0. The number of hydrogen-bond acceptors (Lipinski definition) is 16. The quantitative estimate of drug-likeness (QED) is 0.213. The number of phenols is 2. The van der Waals surface area contributed by atoms with Crippen molar-refractivity contribution in [3.05, 3.63) is 51.6 Å². The Balaban J connectivity index is 1.25. The number of aromatic hydroxyl groups is 2. The minimum absolute atomic E-state index is 0.0548. The Labute approximate surface area is 310 Å². The molecule has 17 nitrogen and oxygen atoms in total. The Hall–Kier alpha value is -4.20. The number of amides is 1. The number of ether oxygens (including phenoxy) is 7. The molecule has 2 aromatic carbocycles. The molecule has 3 heterocycles. The third kappa shape index (κ3) is 6.31. The summed E-state index contributed by atoms with van der Waals surface area (Å²) in [6.45, 7) is 2.72. The highest BCUT2D eigenvalue weighted by Crippen LogP contribution is 2.53. The second-order valence-electron chi connectivity index (χ2n) is 14.2. The van der Waals surface area contributed by atoms with Crippen LogP contribution >= 0.6 is 0 Å². The molecule has 17 heteroatoms. The first-order valence-electron chi connectivity index (χ1n) is 17.8. The molecule has 0 unspecified atom stereocenters. The average Bonchev–Trinajstić information content (AvgIpc) is 3.55. The van der Waals surface area contributed by atoms with Crippen LogP contribution in [0.15, 0.2) is 18.2 Å². The molecule has 0 bridgehead atoms. The zero-order valence-electron chi connectivity index (χ0n) is 30.7. The summed E-state index contributed by atoms with van der Waals surface area (Å²) < 4.78 is 41.0. The number of phenolic OH excluding ortho intramolecular Hbond substituents is 2. The van der Waals surface area contributed by atoms with Crippen LogP contribution in [0.1, 0.15) is 68.8 Å². The molecule has 7 rings (SSSR count). The number of ketones is 3. The number of benzene rings is 2. The smallest absolute Gasteiger partial charge is 0.409 e. The number of nitrogens with zero attached hydrogens (tertiary/aromatic N) is 2. The summed E-state index contributed by atoms with van der Waals surface area (Å²) in [4.78, 5) is 57.8. The number of Topliss-reactive ketones (excluding diaryl/α,β-unsaturated/α-hetero) is 1. The lowest BCUT2D eigenvalue weighted by Crippen LogP contribution is -2.55. The number of aliphatic hydroxyl groups is 1. The summed E-state index contributed by atoms with van der Waals surface area (Å²) in [6, 6.07) is 4.21. The van der Waals surface area contributed by atoms with E-state index in [9.17, 15) is 34.5 Å². The zero-order chi connectivity index (χ0) is 38.6. The molecule has 3 saturated heterocycles. The lowest BCUT2D eigenvalue weighted by molar-refractivity contribution is -0.256. The van der Waals surface area contributed by atoms with Gasteiger partial charge in [0.05, 0.1) is 42.6 Å². The van der Waals surface area contributed by atoms with Crippen LogP contribution in [0.2, 0.25) is 0 Å². The molecule has 3 fully saturated rings. The number of nitrogens with one attached hydrogen (secondary N) is 1. The monoisotopic (exact) mass is 755 g/mol. The van der Waals surface area contributed by atoms with Crippen LogP contribution in [0.5, 0.6) is 17.2 Å². The van der Waals surface area contributed by atoms with Crippen LogP contribution in [-0.4, -0.2) is 152 Å². The number of hydrogen-bond donors (Lipinski definition) is 4. The van der Waals surface area contributed by atoms with Crippen LogP contribution in [0.3, 0.4) is 0 Å². The Kier molecular flexibility index (Phi) is 10.4. The molecular formula is C37H45N3O14. The summed E-state index contributed by atoms with van der Waals surface area (Å²) >= 11 is 0. The number of carbonyl (C=O) groups is 4. The van der Waals surface area contributed by atoms with E-state index in [-0.39, 0.29) is 46.6 Å². The molecule has 2 aliphatic carbocycles. The molecule has 0 radical (unpaired) electrons. The fraction of sp³-hybridized carbons (Fsp3) is 0.568. The maximum absolute atomic E-state index is 14.1. The maximum atomic E-state index is 14.1. The molecule has 2 aromatic rings. The van der Waals surface area contributed by atoms with Crippen molar-refractivity contribution in [2.45, 2.75) is 74.9 Å². The number of rotatable bonds is 10. The van der Waals surface area contributed by atoms with Crippen LogP contribution in [0.25, 0.3) is 0 Å². The second-order valence-corrected chi connectivity index (χ2v) is 14.2. The Morgan fingerprint density at radius 3 is 2.57 bits per heavy atom. The number of carbonyl (C=O) groups excluding carboxylic acids is 4. The highest BCUT2D eigenvalue weighted by Gasteiger charge is 2.55. The Morgan fingerprint density at radius 2 is 1.85 bits per heavy atom. The maximum Gasteiger partial charge on any atom is 0.409 e. The van der Waals surface area contributed by atoms with Crippen LogP contribution in [0, 0.1) is 0 Å². The molecule has 0 saturated carbocycles. The largest absolute Gasteiger partial charge is 0.507 e. The molecule has 0 spiro atoms. The first-order chi connectivity index (χ1) is 25.8. The van der Waals surface area contributed by atoms with Crippen molar-refractivity contribution in [3.8, 4) is 17.2 Å². The minimum Gasteiger partial charge on any atom is -0.507 e. The Morgan fingerprint density at radius 1 is 1.09 bits per heavy atom. The number of fused-ring (bicyclic) bond motifs is 6. The molecule has 1 amide bonds. The third-order valence-electron chi connectivity index (χ3n) is 11.0. The number of morpholine rings is 1. The normalized spacial score (nSPS) is 30.1. The van der Waals surface area contributed by atoms with Gasteiger partial charge in [-0.1, -0.05) is 12.1 Å². The van der Waals surface area contributed by atoms with E-state index in [0.29, 0.717) is 26.2 Å². The van der Waals surface area contributed by atoms with Crippen molar-refractivity contribution in [2.24, 2.45) is 0 Å². The second kappa shape index (κ2) is 14.8. The van der Waals surface area contributed by atoms with Crippen molar-refractivity contribution in [2.75, 3.05) is 61.2 Å². The van der Waals surface area contributed by atoms with Gasteiger partial charge in [0.2, 0.25) is 11.6 Å².